The summed E-state index contributed by atoms with van der Waals surface area (Å²) in [4.78, 5) is 2.32. The average molecular weight is 299 g/mol. The Morgan fingerprint density at radius 1 is 1.27 bits per heavy atom. The molecule has 1 aliphatic carbocycles. The fraction of sp³-hybridized carbons (Fsp3) is 0.474. The van der Waals surface area contributed by atoms with Crippen molar-refractivity contribution in [3.8, 4) is 0 Å². The van der Waals surface area contributed by atoms with Crippen molar-refractivity contribution in [1.82, 2.24) is 4.90 Å². The van der Waals surface area contributed by atoms with Gasteiger partial charge >= 0.3 is 0 Å². The van der Waals surface area contributed by atoms with Gasteiger partial charge in [0.25, 0.3) is 0 Å². The maximum Gasteiger partial charge on any atom is 0.0384 e. The summed E-state index contributed by atoms with van der Waals surface area (Å²) in [6.07, 6.45) is 8.77. The van der Waals surface area contributed by atoms with Gasteiger partial charge < -0.3 is 16.0 Å². The van der Waals surface area contributed by atoms with Crippen LogP contribution in [0.1, 0.15) is 37.7 Å². The number of hydrogen-bond donors (Lipinski definition) is 2. The van der Waals surface area contributed by atoms with Crippen LogP contribution >= 0.6 is 0 Å². The number of rotatable bonds is 6. The van der Waals surface area contributed by atoms with Crippen molar-refractivity contribution >= 4 is 5.69 Å². The van der Waals surface area contributed by atoms with Crippen LogP contribution in [0.3, 0.4) is 0 Å². The van der Waals surface area contributed by atoms with Crippen molar-refractivity contribution in [2.45, 2.75) is 45.1 Å². The van der Waals surface area contributed by atoms with Crippen molar-refractivity contribution in [3.05, 3.63) is 53.9 Å². The second-order valence-electron chi connectivity index (χ2n) is 6.29. The summed E-state index contributed by atoms with van der Waals surface area (Å²) in [5, 5.41) is 3.36. The largest absolute Gasteiger partial charge is 0.377 e. The number of nitrogens with two attached hydrogens (primary N) is 1. The van der Waals surface area contributed by atoms with E-state index in [0.29, 0.717) is 12.6 Å². The third-order valence-electron chi connectivity index (χ3n) is 4.46. The van der Waals surface area contributed by atoms with E-state index in [1.54, 1.807) is 0 Å². The molecule has 0 atom stereocenters. The first-order chi connectivity index (χ1) is 10.6. The molecule has 22 heavy (non-hydrogen) atoms. The molecule has 0 amide bonds. The maximum atomic E-state index is 5.93. The van der Waals surface area contributed by atoms with Gasteiger partial charge in [0.05, 0.1) is 0 Å². The summed E-state index contributed by atoms with van der Waals surface area (Å²) in [5.41, 5.74) is 10.2. The van der Waals surface area contributed by atoms with Crippen molar-refractivity contribution in [1.29, 1.82) is 0 Å². The van der Waals surface area contributed by atoms with Crippen LogP contribution in [0.4, 0.5) is 5.69 Å². The summed E-state index contributed by atoms with van der Waals surface area (Å²) >= 11 is 0. The number of nitrogens with zero attached hydrogens (tertiary/aromatic N) is 1. The molecule has 120 valence electrons. The fourth-order valence-electron chi connectivity index (χ4n) is 2.98. The molecule has 0 spiro atoms. The van der Waals surface area contributed by atoms with Crippen LogP contribution in [-0.2, 0) is 0 Å². The average Bonchev–Trinajstić information content (AvgIpc) is 2.55. The number of benzene rings is 1. The molecular formula is C19H29N3. The van der Waals surface area contributed by atoms with Crippen molar-refractivity contribution < 1.29 is 0 Å². The Labute approximate surface area is 134 Å². The van der Waals surface area contributed by atoms with Crippen LogP contribution < -0.4 is 11.1 Å². The zero-order chi connectivity index (χ0) is 15.9. The minimum Gasteiger partial charge on any atom is -0.377 e. The molecule has 0 aliphatic heterocycles. The Morgan fingerprint density at radius 3 is 2.50 bits per heavy atom. The molecule has 0 heterocycles. The van der Waals surface area contributed by atoms with Gasteiger partial charge in [-0.25, -0.2) is 0 Å². The lowest BCUT2D eigenvalue weighted by molar-refractivity contribution is 0.252. The van der Waals surface area contributed by atoms with Crippen LogP contribution in [0.2, 0.25) is 0 Å². The first kappa shape index (κ1) is 16.6. The molecule has 0 radical (unpaired) electrons. The Balaban J connectivity index is 2.00. The lowest BCUT2D eigenvalue weighted by atomic mass is 9.94. The van der Waals surface area contributed by atoms with E-state index in [-0.39, 0.29) is 0 Å². The van der Waals surface area contributed by atoms with Crippen LogP contribution in [0.15, 0.2) is 48.3 Å². The highest BCUT2D eigenvalue weighted by Crippen LogP contribution is 2.23. The Hall–Kier alpha value is -1.74. The third-order valence-corrected chi connectivity index (χ3v) is 4.46. The Bertz CT molecular complexity index is 510. The highest BCUT2D eigenvalue weighted by molar-refractivity contribution is 5.53. The van der Waals surface area contributed by atoms with Crippen LogP contribution in [0, 0.1) is 6.92 Å². The fourth-order valence-corrected chi connectivity index (χ4v) is 2.98. The highest BCUT2D eigenvalue weighted by atomic mass is 15.1. The minimum atomic E-state index is 0.495. The minimum absolute atomic E-state index is 0.495. The van der Waals surface area contributed by atoms with Gasteiger partial charge in [0.1, 0.15) is 0 Å². The van der Waals surface area contributed by atoms with E-state index in [9.17, 15) is 0 Å². The van der Waals surface area contributed by atoms with E-state index < -0.39 is 0 Å². The molecule has 3 nitrogen and oxygen atoms in total. The lowest BCUT2D eigenvalue weighted by Gasteiger charge is -2.31. The highest BCUT2D eigenvalue weighted by Gasteiger charge is 2.16. The molecule has 0 unspecified atom stereocenters. The molecule has 0 aromatic heterocycles. The maximum absolute atomic E-state index is 5.93. The van der Waals surface area contributed by atoms with E-state index in [0.717, 1.165) is 17.0 Å². The molecule has 3 N–H and O–H groups in total. The summed E-state index contributed by atoms with van der Waals surface area (Å²) in [6, 6.07) is 8.96. The van der Waals surface area contributed by atoms with Crippen LogP contribution in [-0.4, -0.2) is 24.5 Å². The van der Waals surface area contributed by atoms with Crippen molar-refractivity contribution in [2.75, 3.05) is 18.9 Å². The lowest BCUT2D eigenvalue weighted by Crippen LogP contribution is -2.30. The monoisotopic (exact) mass is 299 g/mol. The quantitative estimate of drug-likeness (QED) is 0.779. The van der Waals surface area contributed by atoms with E-state index in [4.69, 9.17) is 5.73 Å². The van der Waals surface area contributed by atoms with E-state index in [1.165, 1.54) is 37.7 Å². The molecule has 0 bridgehead atoms. The Morgan fingerprint density at radius 2 is 1.91 bits per heavy atom. The summed E-state index contributed by atoms with van der Waals surface area (Å²) in [7, 11) is 2.16. The van der Waals surface area contributed by atoms with Crippen LogP contribution in [0.5, 0.6) is 0 Å². The van der Waals surface area contributed by atoms with Gasteiger partial charge in [-0.1, -0.05) is 43.5 Å². The van der Waals surface area contributed by atoms with Crippen molar-refractivity contribution in [2.24, 2.45) is 5.73 Å². The summed E-state index contributed by atoms with van der Waals surface area (Å²) in [5.74, 6) is 0. The molecule has 1 saturated carbocycles. The molecular weight excluding hydrogens is 270 g/mol. The number of aryl methyl sites for hydroxylation is 1. The normalized spacial score (nSPS) is 16.4. The smallest absolute Gasteiger partial charge is 0.0384 e. The Kier molecular flexibility index (Phi) is 6.08. The van der Waals surface area contributed by atoms with Gasteiger partial charge in [-0.3, -0.25) is 0 Å². The molecule has 1 aliphatic rings. The first-order valence-electron chi connectivity index (χ1n) is 8.26. The second-order valence-corrected chi connectivity index (χ2v) is 6.29. The predicted octanol–water partition coefficient (Wildman–Crippen LogP) is 4.03. The molecule has 0 saturated heterocycles. The van der Waals surface area contributed by atoms with Gasteiger partial charge in [-0.05, 0) is 31.9 Å². The van der Waals surface area contributed by atoms with Crippen LogP contribution in [0.25, 0.3) is 0 Å². The topological polar surface area (TPSA) is 41.3 Å². The summed E-state index contributed by atoms with van der Waals surface area (Å²) in [6.45, 7) is 6.74. The van der Waals surface area contributed by atoms with E-state index in [2.05, 4.69) is 61.2 Å². The summed E-state index contributed by atoms with van der Waals surface area (Å²) < 4.78 is 0. The molecule has 2 rings (SSSR count). The van der Waals surface area contributed by atoms with Gasteiger partial charge in [0.2, 0.25) is 0 Å². The predicted molar refractivity (Wildman–Crippen MR) is 95.7 cm³/mol. The van der Waals surface area contributed by atoms with Crippen molar-refractivity contribution in [3.63, 3.8) is 0 Å². The number of hydrogen-bond acceptors (Lipinski definition) is 3. The second kappa shape index (κ2) is 8.04. The molecule has 1 aromatic rings. The molecule has 1 aromatic carbocycles. The number of nitrogens with one attached hydrogen (secondary N) is 1. The zero-order valence-corrected chi connectivity index (χ0v) is 13.9. The standard InChI is InChI=1S/C19H29N3/c1-15-9-11-18(12-10-15)21-16(2)17(13-20)14-22(3)19-7-5-4-6-8-19/h9-12,14,19,21H,2,4-8,13,20H2,1,3H3/b17-14-. The molecule has 1 fully saturated rings. The van der Waals surface area contributed by atoms with E-state index >= 15 is 0 Å². The van der Waals surface area contributed by atoms with Gasteiger partial charge in [0, 0.05) is 42.8 Å². The number of anilines is 1. The molecule has 3 heteroatoms. The van der Waals surface area contributed by atoms with Gasteiger partial charge in [-0.15, -0.1) is 0 Å². The van der Waals surface area contributed by atoms with Gasteiger partial charge in [0.15, 0.2) is 0 Å². The SMILES string of the molecule is C=C(Nc1ccc(C)cc1)/C(=C\N(C)C1CCCCC1)CN. The zero-order valence-electron chi connectivity index (χ0n) is 13.9. The van der Waals surface area contributed by atoms with Gasteiger partial charge in [-0.2, -0.15) is 0 Å². The third kappa shape index (κ3) is 4.63. The van der Waals surface area contributed by atoms with E-state index in [1.807, 2.05) is 0 Å². The first-order valence-corrected chi connectivity index (χ1v) is 8.26.